The minimum atomic E-state index is -0.00751. The Morgan fingerprint density at radius 3 is 2.39 bits per heavy atom. The number of allylic oxidation sites excluding steroid dienone is 9. The van der Waals surface area contributed by atoms with Gasteiger partial charge in [0.25, 0.3) is 0 Å². The van der Waals surface area contributed by atoms with E-state index in [4.69, 9.17) is 5.10 Å². The first-order chi connectivity index (χ1) is 25.2. The Kier molecular flexibility index (Phi) is 6.27. The van der Waals surface area contributed by atoms with Crippen molar-refractivity contribution in [2.24, 2.45) is 28.3 Å². The van der Waals surface area contributed by atoms with Gasteiger partial charge in [-0.15, -0.1) is 0 Å². The predicted octanol–water partition coefficient (Wildman–Crippen LogP) is 10.5. The van der Waals surface area contributed by atoms with E-state index in [1.165, 1.54) is 57.3 Å². The molecule has 5 aromatic rings. The third-order valence-corrected chi connectivity index (χ3v) is 12.0. The summed E-state index contributed by atoms with van der Waals surface area (Å²) in [6, 6.07) is 37.5. The maximum Gasteiger partial charge on any atom is 0.162 e. The zero-order valence-corrected chi connectivity index (χ0v) is 28.4. The van der Waals surface area contributed by atoms with Crippen LogP contribution in [0.25, 0.3) is 39.9 Å². The molecule has 4 aromatic carbocycles. The molecule has 51 heavy (non-hydrogen) atoms. The van der Waals surface area contributed by atoms with E-state index in [1.807, 2.05) is 0 Å². The molecule has 1 aromatic heterocycles. The van der Waals surface area contributed by atoms with Gasteiger partial charge in [0, 0.05) is 33.3 Å². The lowest BCUT2D eigenvalue weighted by Crippen LogP contribution is -2.43. The van der Waals surface area contributed by atoms with Crippen LogP contribution in [0.3, 0.4) is 0 Å². The fourth-order valence-electron chi connectivity index (χ4n) is 9.17. The summed E-state index contributed by atoms with van der Waals surface area (Å²) in [6.45, 7) is 0. The van der Waals surface area contributed by atoms with Crippen molar-refractivity contribution in [3.05, 3.63) is 180 Å². The van der Waals surface area contributed by atoms with Crippen LogP contribution in [-0.4, -0.2) is 16.6 Å². The number of hydrogen-bond donors (Lipinski definition) is 1. The van der Waals surface area contributed by atoms with Gasteiger partial charge in [-0.25, -0.2) is 0 Å². The standard InChI is InChI=1S/C47H38N4/c1-3-11-31(12-4-1)33-20-25-44-41(27-33)42-29-35(47-26-8-7-16-36(47)30-47)17-10-19-43(42)50(44)37-21-23-38(24-22-37)51-45(32-13-5-2-6-14-32)48-49-46(51)39-18-9-15-34-28-40(34)39/h1-16,18-27,29,34,36,40,46,49H,17,28,30H2. The first-order valence-corrected chi connectivity index (χ1v) is 18.4. The Hall–Kier alpha value is -5.87. The lowest BCUT2D eigenvalue weighted by atomic mass is 9.87. The van der Waals surface area contributed by atoms with Crippen LogP contribution in [0.15, 0.2) is 168 Å². The second kappa shape index (κ2) is 11.1. The third-order valence-electron chi connectivity index (χ3n) is 12.0. The topological polar surface area (TPSA) is 32.6 Å². The number of nitrogens with one attached hydrogen (secondary N) is 1. The summed E-state index contributed by atoms with van der Waals surface area (Å²) in [6.07, 6.45) is 26.9. The molecule has 11 rings (SSSR count). The molecule has 4 heteroatoms. The van der Waals surface area contributed by atoms with Crippen LogP contribution in [0.5, 0.6) is 0 Å². The molecule has 0 saturated heterocycles. The Bertz CT molecular complexity index is 2440. The smallest absolute Gasteiger partial charge is 0.162 e. The molecule has 0 radical (unpaired) electrons. The minimum Gasteiger partial charge on any atom is -0.309 e. The second-order valence-electron chi connectivity index (χ2n) is 14.9. The zero-order valence-electron chi connectivity index (χ0n) is 28.4. The van der Waals surface area contributed by atoms with Crippen LogP contribution < -0.4 is 10.3 Å². The number of nitrogens with zero attached hydrogens (tertiary/aromatic N) is 3. The van der Waals surface area contributed by atoms with E-state index in [0.29, 0.717) is 17.8 Å². The number of aromatic nitrogens is 1. The van der Waals surface area contributed by atoms with Crippen molar-refractivity contribution < 1.29 is 0 Å². The Labute approximate surface area is 298 Å². The number of hydrogen-bond acceptors (Lipinski definition) is 3. The van der Waals surface area contributed by atoms with E-state index >= 15 is 0 Å². The lowest BCUT2D eigenvalue weighted by molar-refractivity contribution is 0.615. The average Bonchev–Trinajstić information content (AvgIpc) is 4.09. The summed E-state index contributed by atoms with van der Waals surface area (Å²) >= 11 is 0. The molecule has 2 fully saturated rings. The highest BCUT2D eigenvalue weighted by atomic mass is 15.5. The molecule has 2 heterocycles. The largest absolute Gasteiger partial charge is 0.309 e. The van der Waals surface area contributed by atoms with Gasteiger partial charge in [0.05, 0.1) is 11.2 Å². The highest BCUT2D eigenvalue weighted by molar-refractivity contribution is 6.11. The summed E-state index contributed by atoms with van der Waals surface area (Å²) in [7, 11) is 0. The number of fused-ring (bicyclic) bond motifs is 5. The molecule has 1 aliphatic heterocycles. The number of rotatable bonds is 6. The van der Waals surface area contributed by atoms with Gasteiger partial charge in [-0.1, -0.05) is 127 Å². The van der Waals surface area contributed by atoms with E-state index in [0.717, 1.165) is 29.2 Å². The molecule has 4 nitrogen and oxygen atoms in total. The van der Waals surface area contributed by atoms with Crippen LogP contribution in [0, 0.1) is 23.2 Å². The molecule has 0 bridgehead atoms. The summed E-state index contributed by atoms with van der Waals surface area (Å²) in [5.74, 6) is 2.83. The molecule has 5 aliphatic carbocycles. The minimum absolute atomic E-state index is 0.00751. The number of hydrazone groups is 1. The predicted molar refractivity (Wildman–Crippen MR) is 210 cm³/mol. The van der Waals surface area contributed by atoms with E-state index in [2.05, 4.69) is 179 Å². The number of anilines is 1. The third kappa shape index (κ3) is 4.56. The van der Waals surface area contributed by atoms with Crippen molar-refractivity contribution in [3.63, 3.8) is 0 Å². The summed E-state index contributed by atoms with van der Waals surface area (Å²) in [5, 5.41) is 6.23. The molecule has 5 atom stereocenters. The Morgan fingerprint density at radius 2 is 1.57 bits per heavy atom. The zero-order chi connectivity index (χ0) is 33.5. The fourth-order valence-corrected chi connectivity index (χ4v) is 9.17. The van der Waals surface area contributed by atoms with E-state index in [1.54, 1.807) is 0 Å². The van der Waals surface area contributed by atoms with E-state index in [9.17, 15) is 0 Å². The maximum absolute atomic E-state index is 4.94. The van der Waals surface area contributed by atoms with Gasteiger partial charge >= 0.3 is 0 Å². The van der Waals surface area contributed by atoms with Gasteiger partial charge < -0.3 is 4.57 Å². The molecule has 5 unspecified atom stereocenters. The molecule has 1 N–H and O–H groups in total. The molecule has 0 spiro atoms. The Morgan fingerprint density at radius 1 is 0.765 bits per heavy atom. The van der Waals surface area contributed by atoms with Gasteiger partial charge in [0.15, 0.2) is 5.84 Å². The normalized spacial score (nSPS) is 26.4. The van der Waals surface area contributed by atoms with Crippen molar-refractivity contribution in [1.82, 2.24) is 9.99 Å². The van der Waals surface area contributed by atoms with Crippen LogP contribution >= 0.6 is 0 Å². The first kappa shape index (κ1) is 28.9. The monoisotopic (exact) mass is 658 g/mol. The van der Waals surface area contributed by atoms with E-state index < -0.39 is 0 Å². The summed E-state index contributed by atoms with van der Waals surface area (Å²) in [5.41, 5.74) is 16.3. The second-order valence-corrected chi connectivity index (χ2v) is 14.9. The van der Waals surface area contributed by atoms with Crippen LogP contribution in [0.4, 0.5) is 5.69 Å². The fraction of sp³-hybridized carbons (Fsp3) is 0.170. The number of amidine groups is 1. The highest BCUT2D eigenvalue weighted by Crippen LogP contribution is 2.62. The molecule has 0 amide bonds. The van der Waals surface area contributed by atoms with Crippen molar-refractivity contribution >= 4 is 34.6 Å². The number of benzene rings is 4. The van der Waals surface area contributed by atoms with Gasteiger partial charge in [0.1, 0.15) is 6.17 Å². The first-order valence-electron chi connectivity index (χ1n) is 18.4. The van der Waals surface area contributed by atoms with Gasteiger partial charge in [0.2, 0.25) is 0 Å². The van der Waals surface area contributed by atoms with Crippen molar-refractivity contribution in [2.75, 3.05) is 4.90 Å². The van der Waals surface area contributed by atoms with Crippen LogP contribution in [-0.2, 0) is 0 Å². The molecular weight excluding hydrogens is 621 g/mol. The molecule has 6 aliphatic rings. The summed E-state index contributed by atoms with van der Waals surface area (Å²) in [4.78, 5) is 2.40. The SMILES string of the molecule is C1=CC2CC2C(C2NN=C(c3ccccc3)N2c2ccc(-n3c4c(c5cc(-c6ccccc6)ccc53)C=C(C35C=CC=CC3C5)CC=C4)cc2)=C1. The van der Waals surface area contributed by atoms with E-state index in [-0.39, 0.29) is 11.6 Å². The Balaban J connectivity index is 1.04. The van der Waals surface area contributed by atoms with Crippen molar-refractivity contribution in [3.8, 4) is 16.8 Å². The van der Waals surface area contributed by atoms with Crippen molar-refractivity contribution in [2.45, 2.75) is 25.4 Å². The lowest BCUT2D eigenvalue weighted by Gasteiger charge is -2.30. The van der Waals surface area contributed by atoms with Gasteiger partial charge in [-0.05, 0) is 96.2 Å². The van der Waals surface area contributed by atoms with Crippen molar-refractivity contribution in [1.29, 1.82) is 0 Å². The molecular formula is C47H38N4. The average molecular weight is 659 g/mol. The molecule has 246 valence electrons. The quantitative estimate of drug-likeness (QED) is 0.197. The van der Waals surface area contributed by atoms with Gasteiger partial charge in [-0.2, -0.15) is 5.10 Å². The maximum atomic E-state index is 4.94. The summed E-state index contributed by atoms with van der Waals surface area (Å²) < 4.78 is 2.47. The van der Waals surface area contributed by atoms with Crippen LogP contribution in [0.1, 0.15) is 36.1 Å². The highest BCUT2D eigenvalue weighted by Gasteiger charge is 2.53. The van der Waals surface area contributed by atoms with Crippen LogP contribution in [0.2, 0.25) is 0 Å². The van der Waals surface area contributed by atoms with Gasteiger partial charge in [-0.3, -0.25) is 10.3 Å². The molecule has 2 saturated carbocycles.